The zero-order chi connectivity index (χ0) is 18.1. The highest BCUT2D eigenvalue weighted by atomic mass is 16.2. The number of hydrogen-bond acceptors (Lipinski definition) is 3. The van der Waals surface area contributed by atoms with E-state index in [1.165, 1.54) is 16.9 Å². The molecule has 1 fully saturated rings. The Hall–Kier alpha value is -2.36. The van der Waals surface area contributed by atoms with Crippen molar-refractivity contribution < 1.29 is 9.59 Å². The Morgan fingerprint density at radius 2 is 1.96 bits per heavy atom. The molecule has 0 N–H and O–H groups in total. The predicted molar refractivity (Wildman–Crippen MR) is 99.7 cm³/mol. The van der Waals surface area contributed by atoms with Gasteiger partial charge in [0.05, 0.1) is 5.57 Å². The lowest BCUT2D eigenvalue weighted by molar-refractivity contribution is -0.137. The Labute approximate surface area is 149 Å². The molecule has 2 aliphatic rings. The van der Waals surface area contributed by atoms with Crippen LogP contribution in [0.25, 0.3) is 5.57 Å². The van der Waals surface area contributed by atoms with Crippen LogP contribution < -0.4 is 0 Å². The first-order valence-electron chi connectivity index (χ1n) is 8.98. The van der Waals surface area contributed by atoms with Crippen molar-refractivity contribution in [1.82, 2.24) is 9.80 Å². The molecule has 1 atom stereocenters. The molecule has 4 heteroatoms. The van der Waals surface area contributed by atoms with E-state index in [1.807, 2.05) is 32.0 Å². The Morgan fingerprint density at radius 3 is 2.60 bits per heavy atom. The van der Waals surface area contributed by atoms with Gasteiger partial charge in [-0.15, -0.1) is 6.58 Å². The molecule has 2 aliphatic heterocycles. The van der Waals surface area contributed by atoms with Crippen molar-refractivity contribution in [2.75, 3.05) is 19.6 Å². The predicted octanol–water partition coefficient (Wildman–Crippen LogP) is 3.30. The third-order valence-corrected chi connectivity index (χ3v) is 5.22. The van der Waals surface area contributed by atoms with Crippen molar-refractivity contribution in [2.24, 2.45) is 5.92 Å². The standard InChI is InChI=1S/C21H26N2O2/c1-5-10-23-20(24)18(17-9-8-15(3)16(4)12-17)19(21(23)25)22-11-6-7-14(2)13-22/h5,8-9,12,14H,1,6-7,10-11,13H2,2-4H3. The van der Waals surface area contributed by atoms with Crippen LogP contribution >= 0.6 is 0 Å². The molecule has 1 aromatic carbocycles. The number of rotatable bonds is 4. The molecule has 0 spiro atoms. The number of aryl methyl sites for hydroxylation is 2. The quantitative estimate of drug-likeness (QED) is 0.625. The molecule has 2 amide bonds. The minimum Gasteiger partial charge on any atom is -0.366 e. The molecule has 0 aliphatic carbocycles. The highest BCUT2D eigenvalue weighted by Crippen LogP contribution is 2.34. The van der Waals surface area contributed by atoms with Crippen molar-refractivity contribution in [3.8, 4) is 0 Å². The SMILES string of the molecule is C=CCN1C(=O)C(c2ccc(C)c(C)c2)=C(N2CCCC(C)C2)C1=O. The van der Waals surface area contributed by atoms with Crippen LogP contribution in [0.15, 0.2) is 36.6 Å². The minimum absolute atomic E-state index is 0.188. The van der Waals surface area contributed by atoms with Gasteiger partial charge in [0.1, 0.15) is 5.70 Å². The number of hydrogen-bond donors (Lipinski definition) is 0. The number of amides is 2. The van der Waals surface area contributed by atoms with Crippen molar-refractivity contribution in [3.05, 3.63) is 53.2 Å². The average molecular weight is 338 g/mol. The maximum atomic E-state index is 13.0. The Balaban J connectivity index is 2.11. The molecule has 132 valence electrons. The summed E-state index contributed by atoms with van der Waals surface area (Å²) < 4.78 is 0. The number of benzene rings is 1. The van der Waals surface area contributed by atoms with Crippen LogP contribution in [0.5, 0.6) is 0 Å². The smallest absolute Gasteiger partial charge is 0.278 e. The Kier molecular flexibility index (Phi) is 4.80. The second-order valence-corrected chi connectivity index (χ2v) is 7.23. The summed E-state index contributed by atoms with van der Waals surface area (Å²) in [5.41, 5.74) is 4.25. The highest BCUT2D eigenvalue weighted by molar-refractivity contribution is 6.35. The topological polar surface area (TPSA) is 40.6 Å². The third kappa shape index (κ3) is 3.13. The summed E-state index contributed by atoms with van der Waals surface area (Å²) in [5.74, 6) is 0.132. The van der Waals surface area contributed by atoms with Gasteiger partial charge in [-0.25, -0.2) is 0 Å². The van der Waals surface area contributed by atoms with Gasteiger partial charge >= 0.3 is 0 Å². The Morgan fingerprint density at radius 1 is 1.20 bits per heavy atom. The fraction of sp³-hybridized carbons (Fsp3) is 0.429. The van der Waals surface area contributed by atoms with Gasteiger partial charge < -0.3 is 4.90 Å². The summed E-state index contributed by atoms with van der Waals surface area (Å²) in [4.78, 5) is 29.4. The second kappa shape index (κ2) is 6.87. The summed E-state index contributed by atoms with van der Waals surface area (Å²) in [7, 11) is 0. The van der Waals surface area contributed by atoms with Crippen LogP contribution in [0.4, 0.5) is 0 Å². The van der Waals surface area contributed by atoms with E-state index in [9.17, 15) is 9.59 Å². The van der Waals surface area contributed by atoms with Crippen molar-refractivity contribution in [1.29, 1.82) is 0 Å². The number of carbonyl (C=O) groups excluding carboxylic acids is 2. The number of imide groups is 1. The van der Waals surface area contributed by atoms with E-state index in [0.29, 0.717) is 17.2 Å². The van der Waals surface area contributed by atoms with E-state index < -0.39 is 0 Å². The normalized spacial score (nSPS) is 21.3. The van der Waals surface area contributed by atoms with Crippen molar-refractivity contribution in [2.45, 2.75) is 33.6 Å². The molecule has 1 unspecified atom stereocenters. The lowest BCUT2D eigenvalue weighted by Crippen LogP contribution is -2.39. The van der Waals surface area contributed by atoms with Gasteiger partial charge in [0, 0.05) is 19.6 Å². The minimum atomic E-state index is -0.207. The lowest BCUT2D eigenvalue weighted by Gasteiger charge is -2.33. The molecule has 0 aromatic heterocycles. The molecule has 2 heterocycles. The number of piperidine rings is 1. The van der Waals surface area contributed by atoms with Gasteiger partial charge in [0.25, 0.3) is 11.8 Å². The van der Waals surface area contributed by atoms with Crippen LogP contribution in [-0.2, 0) is 9.59 Å². The molecule has 4 nitrogen and oxygen atoms in total. The summed E-state index contributed by atoms with van der Waals surface area (Å²) in [6.45, 7) is 11.9. The van der Waals surface area contributed by atoms with Crippen molar-refractivity contribution in [3.63, 3.8) is 0 Å². The van der Waals surface area contributed by atoms with Crippen LogP contribution in [-0.4, -0.2) is 41.2 Å². The maximum Gasteiger partial charge on any atom is 0.278 e. The van der Waals surface area contributed by atoms with Gasteiger partial charge in [-0.3, -0.25) is 14.5 Å². The molecule has 25 heavy (non-hydrogen) atoms. The molecule has 1 saturated heterocycles. The fourth-order valence-corrected chi connectivity index (χ4v) is 3.70. The first-order chi connectivity index (χ1) is 11.9. The van der Waals surface area contributed by atoms with Gasteiger partial charge in [-0.05, 0) is 49.3 Å². The first kappa shape index (κ1) is 17.5. The molecule has 3 rings (SSSR count). The number of carbonyl (C=O) groups is 2. The van der Waals surface area contributed by atoms with Gasteiger partial charge in [0.2, 0.25) is 0 Å². The second-order valence-electron chi connectivity index (χ2n) is 7.23. The van der Waals surface area contributed by atoms with E-state index in [0.717, 1.165) is 30.6 Å². The van der Waals surface area contributed by atoms with E-state index in [1.54, 1.807) is 6.08 Å². The number of nitrogens with zero attached hydrogens (tertiary/aromatic N) is 2. The summed E-state index contributed by atoms with van der Waals surface area (Å²) in [5, 5.41) is 0. The van der Waals surface area contributed by atoms with Crippen LogP contribution in [0.1, 0.15) is 36.5 Å². The van der Waals surface area contributed by atoms with E-state index in [2.05, 4.69) is 18.4 Å². The highest BCUT2D eigenvalue weighted by Gasteiger charge is 2.41. The molecule has 0 radical (unpaired) electrons. The van der Waals surface area contributed by atoms with E-state index in [4.69, 9.17) is 0 Å². The molecular formula is C21H26N2O2. The van der Waals surface area contributed by atoms with Crippen LogP contribution in [0.2, 0.25) is 0 Å². The first-order valence-corrected chi connectivity index (χ1v) is 8.98. The molecular weight excluding hydrogens is 312 g/mol. The van der Waals surface area contributed by atoms with Gasteiger partial charge in [-0.2, -0.15) is 0 Å². The largest absolute Gasteiger partial charge is 0.366 e. The zero-order valence-corrected chi connectivity index (χ0v) is 15.3. The van der Waals surface area contributed by atoms with E-state index in [-0.39, 0.29) is 18.4 Å². The lowest BCUT2D eigenvalue weighted by atomic mass is 9.96. The maximum absolute atomic E-state index is 13.0. The number of likely N-dealkylation sites (tertiary alicyclic amines) is 1. The molecule has 0 saturated carbocycles. The van der Waals surface area contributed by atoms with Crippen molar-refractivity contribution >= 4 is 17.4 Å². The summed E-state index contributed by atoms with van der Waals surface area (Å²) in [6.07, 6.45) is 3.82. The summed E-state index contributed by atoms with van der Waals surface area (Å²) in [6, 6.07) is 5.98. The molecule has 1 aromatic rings. The van der Waals surface area contributed by atoms with E-state index >= 15 is 0 Å². The monoisotopic (exact) mass is 338 g/mol. The summed E-state index contributed by atoms with van der Waals surface area (Å²) >= 11 is 0. The Bertz CT molecular complexity index is 763. The van der Waals surface area contributed by atoms with Crippen LogP contribution in [0, 0.1) is 19.8 Å². The van der Waals surface area contributed by atoms with Gasteiger partial charge in [0.15, 0.2) is 0 Å². The fourth-order valence-electron chi connectivity index (χ4n) is 3.70. The van der Waals surface area contributed by atoms with Gasteiger partial charge in [-0.1, -0.05) is 31.2 Å². The van der Waals surface area contributed by atoms with Crippen LogP contribution in [0.3, 0.4) is 0 Å². The third-order valence-electron chi connectivity index (χ3n) is 5.22. The molecule has 0 bridgehead atoms. The zero-order valence-electron chi connectivity index (χ0n) is 15.3. The average Bonchev–Trinajstić information content (AvgIpc) is 2.82.